The smallest absolute Gasteiger partial charge is 0.337 e. The maximum Gasteiger partial charge on any atom is 0.337 e. The Labute approximate surface area is 154 Å². The van der Waals surface area contributed by atoms with Crippen LogP contribution in [0.25, 0.3) is 0 Å². The second-order valence-corrected chi connectivity index (χ2v) is 6.74. The quantitative estimate of drug-likeness (QED) is 0.839. The van der Waals surface area contributed by atoms with Crippen LogP contribution in [-0.2, 0) is 9.53 Å². The summed E-state index contributed by atoms with van der Waals surface area (Å²) in [6.07, 6.45) is 1.05. The highest BCUT2D eigenvalue weighted by Gasteiger charge is 2.31. The Kier molecular flexibility index (Phi) is 5.68. The summed E-state index contributed by atoms with van der Waals surface area (Å²) in [7, 11) is 1.34. The minimum atomic E-state index is -0.417. The number of likely N-dealkylation sites (tertiary alicyclic amines) is 1. The van der Waals surface area contributed by atoms with Gasteiger partial charge in [-0.2, -0.15) is 0 Å². The van der Waals surface area contributed by atoms with E-state index in [0.717, 1.165) is 13.0 Å². The van der Waals surface area contributed by atoms with Crippen molar-refractivity contribution in [2.75, 3.05) is 25.5 Å². The summed E-state index contributed by atoms with van der Waals surface area (Å²) in [4.78, 5) is 26.2. The molecule has 3 rings (SSSR count). The first-order valence-electron chi connectivity index (χ1n) is 8.84. The van der Waals surface area contributed by atoms with Crippen LogP contribution in [0.4, 0.5) is 5.69 Å². The molecule has 1 fully saturated rings. The second-order valence-electron chi connectivity index (χ2n) is 6.74. The number of benzene rings is 2. The Hall–Kier alpha value is -2.66. The predicted molar refractivity (Wildman–Crippen MR) is 101 cm³/mol. The van der Waals surface area contributed by atoms with Crippen molar-refractivity contribution < 1.29 is 14.3 Å². The molecule has 0 spiro atoms. The van der Waals surface area contributed by atoms with Crippen molar-refractivity contribution in [3.05, 3.63) is 65.7 Å². The molecule has 1 amide bonds. The van der Waals surface area contributed by atoms with Gasteiger partial charge in [0.15, 0.2) is 0 Å². The van der Waals surface area contributed by atoms with Gasteiger partial charge in [-0.25, -0.2) is 4.79 Å². The topological polar surface area (TPSA) is 58.6 Å². The Bertz CT molecular complexity index is 776. The molecule has 2 atom stereocenters. The molecule has 1 aliphatic heterocycles. The van der Waals surface area contributed by atoms with Crippen LogP contribution in [0.1, 0.15) is 35.2 Å². The van der Waals surface area contributed by atoms with E-state index in [0.29, 0.717) is 29.8 Å². The van der Waals surface area contributed by atoms with E-state index in [2.05, 4.69) is 41.4 Å². The predicted octanol–water partition coefficient (Wildman–Crippen LogP) is 3.29. The van der Waals surface area contributed by atoms with Gasteiger partial charge in [0.1, 0.15) is 0 Å². The van der Waals surface area contributed by atoms with Crippen molar-refractivity contribution in [2.24, 2.45) is 0 Å². The fraction of sp³-hybridized carbons (Fsp3) is 0.333. The van der Waals surface area contributed by atoms with E-state index < -0.39 is 5.97 Å². The van der Waals surface area contributed by atoms with Crippen LogP contribution in [0.15, 0.2) is 54.6 Å². The zero-order chi connectivity index (χ0) is 18.5. The molecule has 1 saturated heterocycles. The van der Waals surface area contributed by atoms with Crippen LogP contribution in [0.5, 0.6) is 0 Å². The summed E-state index contributed by atoms with van der Waals surface area (Å²) in [6, 6.07) is 17.6. The number of nitrogens with one attached hydrogen (secondary N) is 1. The number of carbonyl (C=O) groups excluding carboxylic acids is 2. The van der Waals surface area contributed by atoms with E-state index >= 15 is 0 Å². The number of hydrogen-bond donors (Lipinski definition) is 1. The zero-order valence-electron chi connectivity index (χ0n) is 15.1. The van der Waals surface area contributed by atoms with Gasteiger partial charge in [-0.15, -0.1) is 0 Å². The van der Waals surface area contributed by atoms with Crippen LogP contribution in [0, 0.1) is 0 Å². The van der Waals surface area contributed by atoms with Crippen LogP contribution < -0.4 is 5.32 Å². The normalized spacial score (nSPS) is 19.9. The van der Waals surface area contributed by atoms with Crippen molar-refractivity contribution >= 4 is 17.6 Å². The fourth-order valence-electron chi connectivity index (χ4n) is 3.51. The average Bonchev–Trinajstić information content (AvgIpc) is 3.02. The number of esters is 1. The van der Waals surface area contributed by atoms with E-state index in [1.54, 1.807) is 24.3 Å². The Balaban J connectivity index is 1.59. The van der Waals surface area contributed by atoms with Gasteiger partial charge >= 0.3 is 5.97 Å². The van der Waals surface area contributed by atoms with Gasteiger partial charge in [-0.1, -0.05) is 36.4 Å². The molecule has 0 aromatic heterocycles. The van der Waals surface area contributed by atoms with Crippen LogP contribution in [0.3, 0.4) is 0 Å². The third-order valence-electron chi connectivity index (χ3n) is 4.89. The molecule has 2 aromatic rings. The lowest BCUT2D eigenvalue weighted by atomic mass is 9.97. The summed E-state index contributed by atoms with van der Waals surface area (Å²) in [6.45, 7) is 3.38. The number of hydrogen-bond acceptors (Lipinski definition) is 4. The fourth-order valence-corrected chi connectivity index (χ4v) is 3.51. The minimum absolute atomic E-state index is 0.0763. The largest absolute Gasteiger partial charge is 0.465 e. The SMILES string of the molecule is COC(=O)c1cccc(NC(=O)CN2CC(c3ccccc3)CC2C)c1. The molecule has 2 unspecified atom stereocenters. The van der Waals surface area contributed by atoms with E-state index in [1.165, 1.54) is 12.7 Å². The number of nitrogens with zero attached hydrogens (tertiary/aromatic N) is 1. The highest BCUT2D eigenvalue weighted by atomic mass is 16.5. The second kappa shape index (κ2) is 8.15. The molecule has 1 heterocycles. The molecular weight excluding hydrogens is 328 g/mol. The maximum atomic E-state index is 12.4. The highest BCUT2D eigenvalue weighted by Crippen LogP contribution is 2.31. The summed E-state index contributed by atoms with van der Waals surface area (Å²) < 4.78 is 4.71. The van der Waals surface area contributed by atoms with Gasteiger partial charge in [0, 0.05) is 18.3 Å². The van der Waals surface area contributed by atoms with Gasteiger partial charge in [0.2, 0.25) is 5.91 Å². The van der Waals surface area contributed by atoms with Gasteiger partial charge < -0.3 is 10.1 Å². The lowest BCUT2D eigenvalue weighted by Crippen LogP contribution is -2.35. The molecule has 0 saturated carbocycles. The third-order valence-corrected chi connectivity index (χ3v) is 4.89. The number of ether oxygens (including phenoxy) is 1. The first kappa shape index (κ1) is 18.1. The Morgan fingerprint density at radius 1 is 1.15 bits per heavy atom. The zero-order valence-corrected chi connectivity index (χ0v) is 15.1. The van der Waals surface area contributed by atoms with Crippen molar-refractivity contribution in [1.82, 2.24) is 4.90 Å². The first-order chi connectivity index (χ1) is 12.6. The molecule has 26 heavy (non-hydrogen) atoms. The number of rotatable bonds is 5. The van der Waals surface area contributed by atoms with Gasteiger partial charge in [0.05, 0.1) is 19.2 Å². The lowest BCUT2D eigenvalue weighted by Gasteiger charge is -2.20. The standard InChI is InChI=1S/C21H24N2O3/c1-15-11-18(16-7-4-3-5-8-16)13-23(15)14-20(24)22-19-10-6-9-17(12-19)21(25)26-2/h3-10,12,15,18H,11,13-14H2,1-2H3,(H,22,24). The van der Waals surface area contributed by atoms with Gasteiger partial charge in [-0.3, -0.25) is 9.69 Å². The molecule has 1 N–H and O–H groups in total. The van der Waals surface area contributed by atoms with Crippen LogP contribution in [-0.4, -0.2) is 43.0 Å². The third kappa shape index (κ3) is 4.29. The summed E-state index contributed by atoms with van der Waals surface area (Å²) in [5.74, 6) is -0.0332. The number of carbonyl (C=O) groups is 2. The van der Waals surface area contributed by atoms with Gasteiger partial charge in [0.25, 0.3) is 0 Å². The van der Waals surface area contributed by atoms with Crippen LogP contribution in [0.2, 0.25) is 0 Å². The van der Waals surface area contributed by atoms with Crippen LogP contribution >= 0.6 is 0 Å². The molecule has 5 nitrogen and oxygen atoms in total. The molecular formula is C21H24N2O3. The van der Waals surface area contributed by atoms with E-state index in [-0.39, 0.29) is 5.91 Å². The number of amides is 1. The van der Waals surface area contributed by atoms with E-state index in [9.17, 15) is 9.59 Å². The van der Waals surface area contributed by atoms with E-state index in [4.69, 9.17) is 4.74 Å². The lowest BCUT2D eigenvalue weighted by molar-refractivity contribution is -0.117. The monoisotopic (exact) mass is 352 g/mol. The molecule has 0 radical (unpaired) electrons. The highest BCUT2D eigenvalue weighted by molar-refractivity contribution is 5.95. The van der Waals surface area contributed by atoms with Crippen molar-refractivity contribution in [1.29, 1.82) is 0 Å². The number of anilines is 1. The molecule has 5 heteroatoms. The minimum Gasteiger partial charge on any atom is -0.465 e. The van der Waals surface area contributed by atoms with E-state index in [1.807, 2.05) is 6.07 Å². The molecule has 0 bridgehead atoms. The Morgan fingerprint density at radius 2 is 1.92 bits per heavy atom. The van der Waals surface area contributed by atoms with Gasteiger partial charge in [-0.05, 0) is 43.0 Å². The van der Waals surface area contributed by atoms with Crippen molar-refractivity contribution in [2.45, 2.75) is 25.3 Å². The summed E-state index contributed by atoms with van der Waals surface area (Å²) in [5, 5.41) is 2.87. The molecule has 0 aliphatic carbocycles. The molecule has 2 aromatic carbocycles. The number of methoxy groups -OCH3 is 1. The maximum absolute atomic E-state index is 12.4. The summed E-state index contributed by atoms with van der Waals surface area (Å²) >= 11 is 0. The average molecular weight is 352 g/mol. The Morgan fingerprint density at radius 3 is 2.65 bits per heavy atom. The summed E-state index contributed by atoms with van der Waals surface area (Å²) in [5.41, 5.74) is 2.35. The first-order valence-corrected chi connectivity index (χ1v) is 8.84. The molecule has 1 aliphatic rings. The van der Waals surface area contributed by atoms with Crippen molar-refractivity contribution in [3.63, 3.8) is 0 Å². The molecule has 136 valence electrons. The van der Waals surface area contributed by atoms with Crippen molar-refractivity contribution in [3.8, 4) is 0 Å².